The number of methoxy groups -OCH3 is 2. The van der Waals surface area contributed by atoms with Gasteiger partial charge in [0.25, 0.3) is 0 Å². The second-order valence-corrected chi connectivity index (χ2v) is 5.03. The lowest BCUT2D eigenvalue weighted by Gasteiger charge is -2.10. The Morgan fingerprint density at radius 3 is 2.19 bits per heavy atom. The second-order valence-electron chi connectivity index (χ2n) is 4.07. The highest BCUT2D eigenvalue weighted by atomic mass is 32.3. The third kappa shape index (κ3) is 3.85. The van der Waals surface area contributed by atoms with E-state index in [2.05, 4.69) is 4.18 Å². The summed E-state index contributed by atoms with van der Waals surface area (Å²) in [5, 5.41) is 0. The molecule has 0 fully saturated rings. The molecular formula is C14H13FO5S. The Kier molecular flexibility index (Phi) is 4.32. The maximum absolute atomic E-state index is 12.5. The van der Waals surface area contributed by atoms with E-state index in [1.54, 1.807) is 30.3 Å². The molecule has 0 bridgehead atoms. The Morgan fingerprint density at radius 2 is 1.57 bits per heavy atom. The van der Waals surface area contributed by atoms with Crippen LogP contribution in [0.4, 0.5) is 3.89 Å². The third-order valence-electron chi connectivity index (χ3n) is 2.75. The van der Waals surface area contributed by atoms with E-state index in [-0.39, 0.29) is 5.75 Å². The van der Waals surface area contributed by atoms with Crippen LogP contribution < -0.4 is 13.7 Å². The molecule has 7 heteroatoms. The second kappa shape index (κ2) is 6.01. The number of rotatable bonds is 5. The van der Waals surface area contributed by atoms with Gasteiger partial charge in [0, 0.05) is 0 Å². The van der Waals surface area contributed by atoms with Crippen LogP contribution in [0.2, 0.25) is 0 Å². The minimum Gasteiger partial charge on any atom is -0.493 e. The topological polar surface area (TPSA) is 61.8 Å². The smallest absolute Gasteiger partial charge is 0.488 e. The summed E-state index contributed by atoms with van der Waals surface area (Å²) in [5.74, 6) is 0.990. The molecule has 0 aliphatic heterocycles. The summed E-state index contributed by atoms with van der Waals surface area (Å²) in [5.41, 5.74) is 1.39. The molecule has 0 saturated carbocycles. The van der Waals surface area contributed by atoms with Crippen LogP contribution in [-0.4, -0.2) is 22.6 Å². The summed E-state index contributed by atoms with van der Waals surface area (Å²) in [6, 6.07) is 11.3. The molecule has 2 rings (SSSR count). The Labute approximate surface area is 122 Å². The lowest BCUT2D eigenvalue weighted by atomic mass is 10.0. The molecule has 5 nitrogen and oxygen atoms in total. The fourth-order valence-electron chi connectivity index (χ4n) is 1.86. The average Bonchev–Trinajstić information content (AvgIpc) is 2.45. The van der Waals surface area contributed by atoms with E-state index in [1.807, 2.05) is 0 Å². The van der Waals surface area contributed by atoms with Crippen LogP contribution >= 0.6 is 0 Å². The number of halogens is 1. The first-order valence-electron chi connectivity index (χ1n) is 5.89. The van der Waals surface area contributed by atoms with E-state index in [4.69, 9.17) is 9.47 Å². The maximum Gasteiger partial charge on any atom is 0.488 e. The van der Waals surface area contributed by atoms with Crippen LogP contribution in [0.15, 0.2) is 42.5 Å². The summed E-state index contributed by atoms with van der Waals surface area (Å²) in [6.07, 6.45) is 0. The van der Waals surface area contributed by atoms with Gasteiger partial charge in [-0.05, 0) is 35.4 Å². The van der Waals surface area contributed by atoms with Gasteiger partial charge in [0.15, 0.2) is 11.5 Å². The largest absolute Gasteiger partial charge is 0.493 e. The van der Waals surface area contributed by atoms with Crippen molar-refractivity contribution in [2.45, 2.75) is 0 Å². The van der Waals surface area contributed by atoms with Crippen molar-refractivity contribution in [1.29, 1.82) is 0 Å². The fourth-order valence-corrected chi connectivity index (χ4v) is 2.19. The van der Waals surface area contributed by atoms with Crippen molar-refractivity contribution in [3.8, 4) is 28.4 Å². The minimum atomic E-state index is -5.04. The van der Waals surface area contributed by atoms with Gasteiger partial charge in [-0.1, -0.05) is 22.1 Å². The number of benzene rings is 2. The molecule has 2 aromatic rings. The average molecular weight is 312 g/mol. The van der Waals surface area contributed by atoms with Crippen molar-refractivity contribution >= 4 is 10.5 Å². The first-order chi connectivity index (χ1) is 9.93. The monoisotopic (exact) mass is 312 g/mol. The van der Waals surface area contributed by atoms with Gasteiger partial charge in [0.2, 0.25) is 0 Å². The molecule has 0 aromatic heterocycles. The quantitative estimate of drug-likeness (QED) is 0.794. The van der Waals surface area contributed by atoms with Crippen molar-refractivity contribution in [2.24, 2.45) is 0 Å². The predicted octanol–water partition coefficient (Wildman–Crippen LogP) is 2.96. The van der Waals surface area contributed by atoms with Gasteiger partial charge in [0.1, 0.15) is 5.75 Å². The molecule has 0 aliphatic rings. The molecule has 0 unspecified atom stereocenters. The van der Waals surface area contributed by atoms with Gasteiger partial charge in [-0.3, -0.25) is 0 Å². The molecule has 0 saturated heterocycles. The number of ether oxygens (including phenoxy) is 2. The summed E-state index contributed by atoms with van der Waals surface area (Å²) < 4.78 is 48.1. The Morgan fingerprint density at radius 1 is 0.905 bits per heavy atom. The van der Waals surface area contributed by atoms with E-state index in [0.717, 1.165) is 5.56 Å². The first kappa shape index (κ1) is 15.1. The molecular weight excluding hydrogens is 299 g/mol. The van der Waals surface area contributed by atoms with Gasteiger partial charge < -0.3 is 13.7 Å². The predicted molar refractivity (Wildman–Crippen MR) is 75.6 cm³/mol. The lowest BCUT2D eigenvalue weighted by Crippen LogP contribution is -2.01. The number of hydrogen-bond donors (Lipinski definition) is 0. The minimum absolute atomic E-state index is 0.107. The summed E-state index contributed by atoms with van der Waals surface area (Å²) in [7, 11) is -2.01. The molecule has 0 aliphatic carbocycles. The van der Waals surface area contributed by atoms with Crippen molar-refractivity contribution in [3.63, 3.8) is 0 Å². The number of hydrogen-bond acceptors (Lipinski definition) is 5. The molecule has 21 heavy (non-hydrogen) atoms. The van der Waals surface area contributed by atoms with Gasteiger partial charge in [-0.15, -0.1) is 0 Å². The van der Waals surface area contributed by atoms with E-state index < -0.39 is 10.5 Å². The first-order valence-corrected chi connectivity index (χ1v) is 7.20. The van der Waals surface area contributed by atoms with Gasteiger partial charge in [-0.2, -0.15) is 8.42 Å². The molecule has 112 valence electrons. The normalized spacial score (nSPS) is 11.0. The van der Waals surface area contributed by atoms with Crippen molar-refractivity contribution in [1.82, 2.24) is 0 Å². The van der Waals surface area contributed by atoms with Crippen molar-refractivity contribution in [3.05, 3.63) is 42.5 Å². The highest BCUT2D eigenvalue weighted by molar-refractivity contribution is 7.81. The third-order valence-corrected chi connectivity index (χ3v) is 3.14. The maximum atomic E-state index is 12.5. The van der Waals surface area contributed by atoms with Crippen LogP contribution in [0.5, 0.6) is 17.2 Å². The Balaban J connectivity index is 2.40. The zero-order chi connectivity index (χ0) is 15.5. The van der Waals surface area contributed by atoms with E-state index in [0.29, 0.717) is 17.1 Å². The fraction of sp³-hybridized carbons (Fsp3) is 0.143. The van der Waals surface area contributed by atoms with Crippen LogP contribution in [0.25, 0.3) is 11.1 Å². The van der Waals surface area contributed by atoms with Gasteiger partial charge in [-0.25, -0.2) is 0 Å². The van der Waals surface area contributed by atoms with E-state index >= 15 is 0 Å². The highest BCUT2D eigenvalue weighted by Crippen LogP contribution is 2.33. The van der Waals surface area contributed by atoms with Gasteiger partial charge in [0.05, 0.1) is 14.2 Å². The van der Waals surface area contributed by atoms with Crippen LogP contribution in [-0.2, 0) is 10.5 Å². The summed E-state index contributed by atoms with van der Waals surface area (Å²) in [4.78, 5) is 0. The SMILES string of the molecule is COc1ccc(-c2cccc(OS(=O)(=O)F)c2)cc1OC. The molecule has 0 N–H and O–H groups in total. The standard InChI is InChI=1S/C14H13FO5S/c1-18-13-7-6-11(9-14(13)19-2)10-4-3-5-12(8-10)20-21(15,16)17/h3-9H,1-2H3. The highest BCUT2D eigenvalue weighted by Gasteiger charge is 2.11. The summed E-state index contributed by atoms with van der Waals surface area (Å²) >= 11 is 0. The van der Waals surface area contributed by atoms with Gasteiger partial charge >= 0.3 is 10.5 Å². The van der Waals surface area contributed by atoms with Crippen molar-refractivity contribution < 1.29 is 26.0 Å². The zero-order valence-electron chi connectivity index (χ0n) is 11.4. The molecule has 0 spiro atoms. The van der Waals surface area contributed by atoms with Crippen LogP contribution in [0.3, 0.4) is 0 Å². The van der Waals surface area contributed by atoms with E-state index in [1.165, 1.54) is 26.4 Å². The summed E-state index contributed by atoms with van der Waals surface area (Å²) in [6.45, 7) is 0. The van der Waals surface area contributed by atoms with Crippen LogP contribution in [0, 0.1) is 0 Å². The van der Waals surface area contributed by atoms with E-state index in [9.17, 15) is 12.3 Å². The van der Waals surface area contributed by atoms with Crippen LogP contribution in [0.1, 0.15) is 0 Å². The Bertz CT molecular complexity index is 743. The lowest BCUT2D eigenvalue weighted by molar-refractivity contribution is 0.355. The van der Waals surface area contributed by atoms with Crippen molar-refractivity contribution in [2.75, 3.05) is 14.2 Å². The zero-order valence-corrected chi connectivity index (χ0v) is 12.2. The molecule has 2 aromatic carbocycles. The molecule has 0 atom stereocenters. The molecule has 0 radical (unpaired) electrons. The molecule has 0 heterocycles. The Hall–Kier alpha value is -2.28. The molecule has 0 amide bonds.